The Bertz CT molecular complexity index is 558. The number of aryl methyl sites for hydroxylation is 1. The van der Waals surface area contributed by atoms with Crippen LogP contribution in [0.4, 0.5) is 5.82 Å². The molecule has 2 aromatic heterocycles. The topological polar surface area (TPSA) is 71.0 Å². The van der Waals surface area contributed by atoms with Crippen molar-refractivity contribution in [3.63, 3.8) is 0 Å². The van der Waals surface area contributed by atoms with E-state index in [1.54, 1.807) is 24.3 Å². The van der Waals surface area contributed by atoms with Crippen LogP contribution in [0, 0.1) is 6.92 Å². The first kappa shape index (κ1) is 12.9. The summed E-state index contributed by atoms with van der Waals surface area (Å²) in [4.78, 5) is 24.6. The van der Waals surface area contributed by atoms with Crippen molar-refractivity contribution in [1.82, 2.24) is 19.9 Å². The van der Waals surface area contributed by atoms with Gasteiger partial charge in [0.25, 0.3) is 5.91 Å². The third-order valence-corrected chi connectivity index (χ3v) is 2.62. The van der Waals surface area contributed by atoms with E-state index in [9.17, 15) is 4.79 Å². The Labute approximate surface area is 111 Å². The minimum atomic E-state index is -0.0376. The number of nitrogens with zero attached hydrogens (tertiary/aromatic N) is 4. The van der Waals surface area contributed by atoms with Crippen LogP contribution >= 0.6 is 0 Å². The normalized spacial score (nSPS) is 12.9. The molecule has 98 valence electrons. The zero-order valence-corrected chi connectivity index (χ0v) is 10.9. The Morgan fingerprint density at radius 3 is 2.63 bits per heavy atom. The lowest BCUT2D eigenvalue weighted by Gasteiger charge is -2.24. The van der Waals surface area contributed by atoms with Gasteiger partial charge in [0.05, 0.1) is 6.67 Å². The number of pyridine rings is 1. The summed E-state index contributed by atoms with van der Waals surface area (Å²) in [7, 11) is 1.73. The maximum absolute atomic E-state index is 11.4. The minimum absolute atomic E-state index is 0.0376. The number of hydrogen-bond acceptors (Lipinski definition) is 5. The van der Waals surface area contributed by atoms with Gasteiger partial charge in [-0.2, -0.15) is 0 Å². The summed E-state index contributed by atoms with van der Waals surface area (Å²) < 4.78 is 0. The molecule has 0 unspecified atom stereocenters. The molecule has 3 rings (SSSR count). The number of rotatable bonds is 0. The molecule has 1 aliphatic heterocycles. The lowest BCUT2D eigenvalue weighted by molar-refractivity contribution is 0.0795. The molecular formula is C13H15N5O. The van der Waals surface area contributed by atoms with Crippen LogP contribution in [-0.4, -0.2) is 39.5 Å². The molecule has 1 N–H and O–H groups in total. The van der Waals surface area contributed by atoms with Gasteiger partial charge in [-0.05, 0) is 24.6 Å². The van der Waals surface area contributed by atoms with Gasteiger partial charge in [0.1, 0.15) is 17.7 Å². The van der Waals surface area contributed by atoms with E-state index in [-0.39, 0.29) is 5.91 Å². The molecule has 1 amide bonds. The molecule has 2 aromatic rings. The second-order valence-corrected chi connectivity index (χ2v) is 4.15. The predicted octanol–water partition coefficient (Wildman–Crippen LogP) is 1.32. The van der Waals surface area contributed by atoms with Gasteiger partial charge in [-0.1, -0.05) is 0 Å². The number of carbonyl (C=O) groups is 1. The average Bonchev–Trinajstić information content (AvgIpc) is 2.45. The molecule has 0 spiro atoms. The molecule has 3 heterocycles. The summed E-state index contributed by atoms with van der Waals surface area (Å²) in [6.45, 7) is 2.55. The number of amides is 1. The molecule has 0 saturated heterocycles. The second-order valence-electron chi connectivity index (χ2n) is 4.15. The number of hydrogen-bond donors (Lipinski definition) is 1. The van der Waals surface area contributed by atoms with Gasteiger partial charge in [-0.3, -0.25) is 9.78 Å². The Morgan fingerprint density at radius 1 is 1.26 bits per heavy atom. The molecule has 0 aliphatic carbocycles. The van der Waals surface area contributed by atoms with Crippen molar-refractivity contribution in [2.24, 2.45) is 0 Å². The number of aromatic nitrogens is 3. The Kier molecular flexibility index (Phi) is 4.02. The molecule has 0 radical (unpaired) electrons. The maximum Gasteiger partial charge on any atom is 0.260 e. The highest BCUT2D eigenvalue weighted by Crippen LogP contribution is 2.15. The highest BCUT2D eigenvalue weighted by Gasteiger charge is 2.21. The standard InChI is InChI=1S/C7H8N4O.C6H7N/c1-11-4-10-6-5(7(11)12)2-8-3-9-6;1-6-2-4-7-5-3-6/h2-3H,4H2,1H3,(H,8,9,10);2-5H,1H3. The van der Waals surface area contributed by atoms with Crippen LogP contribution < -0.4 is 5.32 Å². The monoisotopic (exact) mass is 257 g/mol. The minimum Gasteiger partial charge on any atom is -0.352 e. The van der Waals surface area contributed by atoms with Crippen LogP contribution in [0.15, 0.2) is 37.1 Å². The van der Waals surface area contributed by atoms with Gasteiger partial charge < -0.3 is 10.2 Å². The van der Waals surface area contributed by atoms with Crippen LogP contribution in [0.3, 0.4) is 0 Å². The molecule has 0 fully saturated rings. The molecule has 1 aliphatic rings. The zero-order valence-electron chi connectivity index (χ0n) is 10.9. The van der Waals surface area contributed by atoms with Crippen molar-refractivity contribution < 1.29 is 4.79 Å². The number of fused-ring (bicyclic) bond motifs is 1. The summed E-state index contributed by atoms with van der Waals surface area (Å²) in [5.74, 6) is 0.581. The van der Waals surface area contributed by atoms with Crippen LogP contribution in [0.5, 0.6) is 0 Å². The van der Waals surface area contributed by atoms with E-state index < -0.39 is 0 Å². The van der Waals surface area contributed by atoms with Crippen LogP contribution in [0.2, 0.25) is 0 Å². The van der Waals surface area contributed by atoms with Gasteiger partial charge in [0.2, 0.25) is 0 Å². The van der Waals surface area contributed by atoms with Gasteiger partial charge in [-0.15, -0.1) is 0 Å². The first-order chi connectivity index (χ1) is 9.18. The van der Waals surface area contributed by atoms with Gasteiger partial charge >= 0.3 is 0 Å². The van der Waals surface area contributed by atoms with E-state index in [0.29, 0.717) is 18.1 Å². The molecule has 19 heavy (non-hydrogen) atoms. The molecule has 0 atom stereocenters. The number of nitrogens with one attached hydrogen (secondary N) is 1. The van der Waals surface area contributed by atoms with Gasteiger partial charge in [0, 0.05) is 25.6 Å². The van der Waals surface area contributed by atoms with Gasteiger partial charge in [0.15, 0.2) is 0 Å². The first-order valence-corrected chi connectivity index (χ1v) is 5.84. The van der Waals surface area contributed by atoms with Crippen molar-refractivity contribution in [2.75, 3.05) is 19.0 Å². The molecular weight excluding hydrogens is 242 g/mol. The SMILES string of the molecule is CN1CNc2ncncc2C1=O.Cc1ccncc1. The van der Waals surface area contributed by atoms with E-state index in [4.69, 9.17) is 0 Å². The summed E-state index contributed by atoms with van der Waals surface area (Å²) in [6, 6.07) is 3.94. The van der Waals surface area contributed by atoms with E-state index >= 15 is 0 Å². The van der Waals surface area contributed by atoms with Crippen LogP contribution in [0.1, 0.15) is 15.9 Å². The summed E-state index contributed by atoms with van der Waals surface area (Å²) >= 11 is 0. The molecule has 0 bridgehead atoms. The molecule has 6 nitrogen and oxygen atoms in total. The fourth-order valence-electron chi connectivity index (χ4n) is 1.52. The smallest absolute Gasteiger partial charge is 0.260 e. The van der Waals surface area contributed by atoms with Gasteiger partial charge in [-0.25, -0.2) is 9.97 Å². The Balaban J connectivity index is 0.000000163. The third-order valence-electron chi connectivity index (χ3n) is 2.62. The summed E-state index contributed by atoms with van der Waals surface area (Å²) in [5, 5.41) is 3.00. The highest BCUT2D eigenvalue weighted by molar-refractivity contribution is 5.99. The second kappa shape index (κ2) is 5.90. The van der Waals surface area contributed by atoms with E-state index in [1.807, 2.05) is 19.1 Å². The summed E-state index contributed by atoms with van der Waals surface area (Å²) in [6.07, 6.45) is 6.52. The van der Waals surface area contributed by atoms with Crippen molar-refractivity contribution >= 4 is 11.7 Å². The quantitative estimate of drug-likeness (QED) is 0.770. The molecule has 6 heteroatoms. The zero-order chi connectivity index (χ0) is 13.7. The summed E-state index contributed by atoms with van der Waals surface area (Å²) in [5.41, 5.74) is 1.79. The maximum atomic E-state index is 11.4. The third kappa shape index (κ3) is 3.25. The largest absolute Gasteiger partial charge is 0.352 e. The fourth-order valence-corrected chi connectivity index (χ4v) is 1.52. The fraction of sp³-hybridized carbons (Fsp3) is 0.231. The average molecular weight is 257 g/mol. The van der Waals surface area contributed by atoms with E-state index in [1.165, 1.54) is 18.1 Å². The Hall–Kier alpha value is -2.50. The van der Waals surface area contributed by atoms with E-state index in [2.05, 4.69) is 20.3 Å². The lowest BCUT2D eigenvalue weighted by Crippen LogP contribution is -2.37. The first-order valence-electron chi connectivity index (χ1n) is 5.84. The predicted molar refractivity (Wildman–Crippen MR) is 71.6 cm³/mol. The van der Waals surface area contributed by atoms with E-state index in [0.717, 1.165) is 0 Å². The van der Waals surface area contributed by atoms with Crippen LogP contribution in [-0.2, 0) is 0 Å². The number of anilines is 1. The van der Waals surface area contributed by atoms with Crippen molar-refractivity contribution in [2.45, 2.75) is 6.92 Å². The van der Waals surface area contributed by atoms with Crippen molar-refractivity contribution in [3.8, 4) is 0 Å². The lowest BCUT2D eigenvalue weighted by atomic mass is 10.2. The van der Waals surface area contributed by atoms with Crippen LogP contribution in [0.25, 0.3) is 0 Å². The highest BCUT2D eigenvalue weighted by atomic mass is 16.2. The molecule has 0 saturated carbocycles. The molecule has 0 aromatic carbocycles. The Morgan fingerprint density at radius 2 is 2.00 bits per heavy atom. The number of carbonyl (C=O) groups excluding carboxylic acids is 1. The van der Waals surface area contributed by atoms with Crippen molar-refractivity contribution in [1.29, 1.82) is 0 Å². The van der Waals surface area contributed by atoms with Crippen molar-refractivity contribution in [3.05, 3.63) is 48.2 Å².